The van der Waals surface area contributed by atoms with Gasteiger partial charge in [-0.1, -0.05) is 59.1 Å². The molecule has 37 heteroatoms. The first-order chi connectivity index (χ1) is 46.5. The molecule has 10 rings (SSSR count). The molecule has 2 aliphatic heterocycles. The number of alkyl halides is 6. The summed E-state index contributed by atoms with van der Waals surface area (Å²) in [5.41, 5.74) is -0.933. The largest absolute Gasteiger partial charge is 0.481 e. The average Bonchev–Trinajstić information content (AvgIpc) is 1.65. The zero-order valence-electron chi connectivity index (χ0n) is 52.6. The lowest BCUT2D eigenvalue weighted by Crippen LogP contribution is -2.49. The number of nitrogens with one attached hydrogen (secondary N) is 6. The third-order valence-electron chi connectivity index (χ3n) is 14.1. The number of nitrogens with zero attached hydrogens (tertiary/aromatic N) is 6. The number of esters is 2. The van der Waals surface area contributed by atoms with Gasteiger partial charge in [0, 0.05) is 37.1 Å². The van der Waals surface area contributed by atoms with Crippen molar-refractivity contribution in [1.82, 2.24) is 50.8 Å². The van der Waals surface area contributed by atoms with Crippen LogP contribution in [0, 0.1) is 0 Å². The molecule has 0 aliphatic carbocycles. The van der Waals surface area contributed by atoms with E-state index < -0.39 is 128 Å². The van der Waals surface area contributed by atoms with Gasteiger partial charge >= 0.3 is 36.4 Å². The standard InChI is InChI=1S/C28H27F3N6O6S2.C19H21F3N4O6S2.C14H16N2O3/c1-42-26(41)17(14-32-24(39)19-8-5-11-44-19)34-25(40)22-23(28(29,30)31)36-27(45-22)35-20(38)12-15-6-4-7-18-16(15)13-33-37(18)21-9-2-3-10-43-21;1-18(2,3)32-17(30)26-16-25-12(19(20,21)22)11(34-16)14(28)24-9(15(29)31-4)8-23-13(27)10-6-5-7-33-10;17-14(18)8-10-4-3-5-12-11(10)9-15-16(12)13-6-1-2-7-19-13/h4-8,11,13,17,21H,2-3,9-10,12,14H2,1H3,(H,32,39)(H,34,40)(H,35,36,38);5-7,9H,8H2,1-4H3,(H,23,27)(H,24,28)(H,25,26,30);3-5,9,13H,1-2,6-8H2,(H,17,18)/t17-,21?;9-;/m00./s1. The zero-order valence-corrected chi connectivity index (χ0v) is 55.9. The first-order valence-electron chi connectivity index (χ1n) is 29.7. The van der Waals surface area contributed by atoms with Gasteiger partial charge in [-0.05, 0) is 105 Å². The molecule has 6 aromatic heterocycles. The van der Waals surface area contributed by atoms with Crippen LogP contribution in [0.5, 0.6) is 0 Å². The average molecular weight is 1450 g/mol. The predicted octanol–water partition coefficient (Wildman–Crippen LogP) is 9.79. The number of hydrogen-bond acceptors (Lipinski definition) is 22. The Morgan fingerprint density at radius 1 is 0.602 bits per heavy atom. The lowest BCUT2D eigenvalue weighted by atomic mass is 10.1. The van der Waals surface area contributed by atoms with Crippen molar-refractivity contribution in [3.63, 3.8) is 0 Å². The van der Waals surface area contributed by atoms with Crippen molar-refractivity contribution >= 4 is 131 Å². The van der Waals surface area contributed by atoms with Crippen LogP contribution in [-0.4, -0.2) is 146 Å². The highest BCUT2D eigenvalue weighted by atomic mass is 32.1. The lowest BCUT2D eigenvalue weighted by Gasteiger charge is -2.23. The van der Waals surface area contributed by atoms with Gasteiger partial charge in [-0.3, -0.25) is 34.1 Å². The van der Waals surface area contributed by atoms with Gasteiger partial charge in [0.15, 0.2) is 34.1 Å². The smallest absolute Gasteiger partial charge is 0.435 e. The third kappa shape index (κ3) is 20.1. The van der Waals surface area contributed by atoms with E-state index in [1.807, 2.05) is 34.3 Å². The minimum atomic E-state index is -5.05. The molecule has 8 heterocycles. The number of carboxylic acids is 1. The van der Waals surface area contributed by atoms with Crippen molar-refractivity contribution < 1.29 is 98.3 Å². The number of carbonyl (C=O) groups is 9. The number of rotatable bonds is 20. The number of thiophene rings is 2. The fraction of sp³-hybridized carbons (Fsp3) is 0.393. The normalized spacial score (nSPS) is 15.4. The van der Waals surface area contributed by atoms with Crippen LogP contribution in [0.4, 0.5) is 41.4 Å². The van der Waals surface area contributed by atoms with Crippen molar-refractivity contribution in [3.05, 3.63) is 126 Å². The van der Waals surface area contributed by atoms with Crippen LogP contribution in [0.3, 0.4) is 0 Å². The van der Waals surface area contributed by atoms with E-state index in [-0.39, 0.29) is 36.6 Å². The van der Waals surface area contributed by atoms with Crippen molar-refractivity contribution in [2.45, 2.75) is 115 Å². The van der Waals surface area contributed by atoms with Gasteiger partial charge in [-0.25, -0.2) is 33.7 Å². The molecule has 2 aromatic carbocycles. The molecule has 2 saturated heterocycles. The fourth-order valence-corrected chi connectivity index (χ4v) is 12.7. The van der Waals surface area contributed by atoms with Crippen molar-refractivity contribution in [2.75, 3.05) is 51.2 Å². The first kappa shape index (κ1) is 74.4. The maximum atomic E-state index is 13.9. The van der Waals surface area contributed by atoms with Crippen molar-refractivity contribution in [3.8, 4) is 0 Å². The Morgan fingerprint density at radius 2 is 1.04 bits per heavy atom. The van der Waals surface area contributed by atoms with Crippen LogP contribution >= 0.6 is 45.3 Å². The predicted molar refractivity (Wildman–Crippen MR) is 345 cm³/mol. The molecule has 2 unspecified atom stereocenters. The summed E-state index contributed by atoms with van der Waals surface area (Å²) in [5, 5.41) is 35.2. The molecule has 6 amide bonds. The van der Waals surface area contributed by atoms with E-state index in [0.29, 0.717) is 38.6 Å². The number of amides is 6. The minimum Gasteiger partial charge on any atom is -0.481 e. The maximum Gasteiger partial charge on any atom is 0.435 e. The molecule has 8 aromatic rings. The Kier molecular flexibility index (Phi) is 25.2. The van der Waals surface area contributed by atoms with E-state index in [4.69, 9.17) is 19.3 Å². The van der Waals surface area contributed by atoms with Crippen LogP contribution in [-0.2, 0) is 68.1 Å². The number of aromatic nitrogens is 6. The number of ether oxygens (including phenoxy) is 5. The molecule has 27 nitrogen and oxygen atoms in total. The summed E-state index contributed by atoms with van der Waals surface area (Å²) in [6, 6.07) is 14.3. The number of carboxylic acid groups (broad SMARTS) is 1. The Bertz CT molecular complexity index is 4140. The number of fused-ring (bicyclic) bond motifs is 2. The molecule has 0 radical (unpaired) electrons. The summed E-state index contributed by atoms with van der Waals surface area (Å²) in [6.45, 7) is 5.15. The van der Waals surface area contributed by atoms with E-state index in [1.54, 1.807) is 72.9 Å². The second kappa shape index (κ2) is 33.2. The summed E-state index contributed by atoms with van der Waals surface area (Å²) in [5.74, 6) is -7.16. The van der Waals surface area contributed by atoms with Crippen molar-refractivity contribution in [2.24, 2.45) is 0 Å². The highest BCUT2D eigenvalue weighted by molar-refractivity contribution is 7.18. The SMILES string of the molecule is COC(=O)[C@H](CNC(=O)c1cccs1)NC(=O)c1sc(NC(=O)Cc2cccc3c2cnn3C2CCCCO2)nc1C(F)(F)F.COC(=O)[C@H](CNC(=O)c1cccs1)NC(=O)c1sc(NC(=O)OC(C)(C)C)nc1C(F)(F)F.O=C(O)Cc1cccc2c1cnn2C1CCCCO1. The minimum absolute atomic E-state index is 0.0219. The molecule has 4 atom stereocenters. The van der Waals surface area contributed by atoms with Crippen LogP contribution in [0.1, 0.15) is 133 Å². The van der Waals surface area contributed by atoms with Crippen LogP contribution < -0.4 is 31.9 Å². The fourth-order valence-electron chi connectivity index (χ4n) is 9.69. The summed E-state index contributed by atoms with van der Waals surface area (Å²) >= 11 is 2.81. The van der Waals surface area contributed by atoms with E-state index in [2.05, 4.69) is 56.2 Å². The molecule has 0 bridgehead atoms. The van der Waals surface area contributed by atoms with Gasteiger partial charge in [0.05, 0.1) is 60.2 Å². The second-order valence-electron chi connectivity index (χ2n) is 22.3. The summed E-state index contributed by atoms with van der Waals surface area (Å²) < 4.78 is 111. The Hall–Kier alpha value is -9.43. The van der Waals surface area contributed by atoms with Crippen molar-refractivity contribution in [1.29, 1.82) is 0 Å². The molecule has 2 fully saturated rings. The Balaban J connectivity index is 0.000000203. The van der Waals surface area contributed by atoms with Gasteiger partial charge in [-0.15, -0.1) is 22.7 Å². The molecule has 2 aliphatic rings. The number of methoxy groups -OCH3 is 2. The van der Waals surface area contributed by atoms with Crippen LogP contribution in [0.2, 0.25) is 0 Å². The zero-order chi connectivity index (χ0) is 71.1. The second-order valence-corrected chi connectivity index (χ2v) is 26.2. The quantitative estimate of drug-likeness (QED) is 0.0212. The Morgan fingerprint density at radius 3 is 1.42 bits per heavy atom. The highest BCUT2D eigenvalue weighted by Crippen LogP contribution is 2.38. The number of anilines is 2. The highest BCUT2D eigenvalue weighted by Gasteiger charge is 2.43. The number of hydrogen-bond donors (Lipinski definition) is 7. The molecular formula is C61H64F6N12O15S4. The summed E-state index contributed by atoms with van der Waals surface area (Å²) in [6.07, 6.45) is -2.26. The number of halogens is 6. The van der Waals surface area contributed by atoms with Gasteiger partial charge < -0.3 is 55.4 Å². The molecule has 98 heavy (non-hydrogen) atoms. The number of carbonyl (C=O) groups excluding carboxylic acids is 8. The first-order valence-corrected chi connectivity index (χ1v) is 33.1. The maximum absolute atomic E-state index is 13.9. The van der Waals surface area contributed by atoms with E-state index in [9.17, 15) is 69.5 Å². The monoisotopic (exact) mass is 1450 g/mol. The molecule has 7 N–H and O–H groups in total. The van der Waals surface area contributed by atoms with Gasteiger partial charge in [0.1, 0.15) is 27.4 Å². The summed E-state index contributed by atoms with van der Waals surface area (Å²) in [7, 11) is 2.04. The molecule has 0 saturated carbocycles. The van der Waals surface area contributed by atoms with E-state index in [1.165, 1.54) is 12.1 Å². The van der Waals surface area contributed by atoms with Crippen LogP contribution in [0.25, 0.3) is 21.8 Å². The number of thiazole rings is 2. The topological polar surface area (TPSA) is 354 Å². The van der Waals surface area contributed by atoms with E-state index in [0.717, 1.165) is 104 Å². The summed E-state index contributed by atoms with van der Waals surface area (Å²) in [4.78, 5) is 116. The van der Waals surface area contributed by atoms with Crippen LogP contribution in [0.15, 0.2) is 83.8 Å². The third-order valence-corrected chi connectivity index (χ3v) is 17.8. The Labute approximate surface area is 568 Å². The number of benzene rings is 2. The molecule has 0 spiro atoms. The lowest BCUT2D eigenvalue weighted by molar-refractivity contribution is -0.143. The number of aliphatic carboxylic acids is 1. The van der Waals surface area contributed by atoms with Gasteiger partial charge in [0.25, 0.3) is 23.6 Å². The van der Waals surface area contributed by atoms with Gasteiger partial charge in [-0.2, -0.15) is 36.5 Å². The van der Waals surface area contributed by atoms with Gasteiger partial charge in [0.2, 0.25) is 5.91 Å². The van der Waals surface area contributed by atoms with E-state index >= 15 is 0 Å². The molecule has 524 valence electrons. The molecular weight excluding hydrogens is 1380 g/mol.